The third-order valence-corrected chi connectivity index (χ3v) is 3.93. The first kappa shape index (κ1) is 14.8. The molecule has 2 aromatic rings. The van der Waals surface area contributed by atoms with E-state index in [0.29, 0.717) is 12.4 Å². The normalized spacial score (nSPS) is 20.8. The van der Waals surface area contributed by atoms with Gasteiger partial charge in [0.25, 0.3) is 0 Å². The van der Waals surface area contributed by atoms with Gasteiger partial charge >= 0.3 is 0 Å². The molecule has 2 unspecified atom stereocenters. The Labute approximate surface area is 130 Å². The van der Waals surface area contributed by atoms with E-state index >= 15 is 0 Å². The predicted octanol–water partition coefficient (Wildman–Crippen LogP) is 3.87. The third-order valence-electron chi connectivity index (χ3n) is 3.93. The molecule has 0 radical (unpaired) electrons. The van der Waals surface area contributed by atoms with Crippen LogP contribution in [0.5, 0.6) is 5.75 Å². The summed E-state index contributed by atoms with van der Waals surface area (Å²) in [7, 11) is 0. The quantitative estimate of drug-likeness (QED) is 0.859. The highest BCUT2D eigenvalue weighted by Gasteiger charge is 2.26. The summed E-state index contributed by atoms with van der Waals surface area (Å²) in [5, 5.41) is 0. The van der Waals surface area contributed by atoms with Gasteiger partial charge < -0.3 is 9.47 Å². The zero-order valence-corrected chi connectivity index (χ0v) is 12.7. The molecule has 2 aromatic carbocycles. The molecule has 22 heavy (non-hydrogen) atoms. The summed E-state index contributed by atoms with van der Waals surface area (Å²) in [6, 6.07) is 17.0. The van der Waals surface area contributed by atoms with Crippen LogP contribution in [0.15, 0.2) is 59.4 Å². The Morgan fingerprint density at radius 2 is 1.77 bits per heavy atom. The van der Waals surface area contributed by atoms with E-state index < -0.39 is 0 Å². The van der Waals surface area contributed by atoms with Crippen molar-refractivity contribution in [3.8, 4) is 5.75 Å². The fourth-order valence-electron chi connectivity index (χ4n) is 2.76. The summed E-state index contributed by atoms with van der Waals surface area (Å²) in [6.07, 6.45) is 2.11. The Kier molecular flexibility index (Phi) is 4.54. The van der Waals surface area contributed by atoms with E-state index in [0.717, 1.165) is 24.0 Å². The van der Waals surface area contributed by atoms with Crippen LogP contribution >= 0.6 is 0 Å². The fraction of sp³-hybridized carbons (Fsp3) is 0.316. The highest BCUT2D eigenvalue weighted by atomic mass is 16.5. The lowest BCUT2D eigenvalue weighted by Gasteiger charge is -2.14. The van der Waals surface area contributed by atoms with Gasteiger partial charge in [-0.1, -0.05) is 48.5 Å². The molecule has 0 aliphatic carbocycles. The Hall–Kier alpha value is -2.13. The maximum atomic E-state index is 12.3. The van der Waals surface area contributed by atoms with Crippen LogP contribution in [0, 0.1) is 0 Å². The minimum absolute atomic E-state index is 0.0547. The van der Waals surface area contributed by atoms with Gasteiger partial charge in [-0.15, -0.1) is 0 Å². The first-order valence-corrected chi connectivity index (χ1v) is 7.69. The van der Waals surface area contributed by atoms with E-state index in [-0.39, 0.29) is 17.6 Å². The molecule has 0 bridgehead atoms. The summed E-state index contributed by atoms with van der Waals surface area (Å²) in [6.45, 7) is 2.45. The molecular formula is C19H20O3. The van der Waals surface area contributed by atoms with Crippen LogP contribution in [0.2, 0.25) is 0 Å². The predicted molar refractivity (Wildman–Crippen MR) is 86.0 cm³/mol. The summed E-state index contributed by atoms with van der Waals surface area (Å²) >= 11 is 0. The van der Waals surface area contributed by atoms with Crippen molar-refractivity contribution in [1.29, 1.82) is 0 Å². The van der Waals surface area contributed by atoms with E-state index in [1.54, 1.807) is 12.1 Å². The average Bonchev–Trinajstić information content (AvgIpc) is 2.87. The maximum absolute atomic E-state index is 12.3. The van der Waals surface area contributed by atoms with Gasteiger partial charge in [0.2, 0.25) is 5.43 Å². The Bertz CT molecular complexity index is 682. The topological polar surface area (TPSA) is 35.5 Å². The fourth-order valence-corrected chi connectivity index (χ4v) is 2.76. The monoisotopic (exact) mass is 296 g/mol. The summed E-state index contributed by atoms with van der Waals surface area (Å²) in [5.74, 6) is 0.410. The number of benzene rings is 1. The molecule has 0 amide bonds. The second kappa shape index (κ2) is 6.75. The van der Waals surface area contributed by atoms with E-state index in [1.165, 1.54) is 0 Å². The molecule has 3 heteroatoms. The van der Waals surface area contributed by atoms with E-state index in [2.05, 4.69) is 6.92 Å². The molecule has 1 aliphatic heterocycles. The molecule has 0 spiro atoms. The Morgan fingerprint density at radius 1 is 1.05 bits per heavy atom. The lowest BCUT2D eigenvalue weighted by molar-refractivity contribution is 0.0535. The SMILES string of the molecule is CC1CCC(c2ccccc(=O)c2OCc2ccccc2)O1. The molecule has 1 fully saturated rings. The van der Waals surface area contributed by atoms with Crippen LogP contribution in [-0.4, -0.2) is 6.10 Å². The van der Waals surface area contributed by atoms with Crippen molar-refractivity contribution in [2.75, 3.05) is 0 Å². The average molecular weight is 296 g/mol. The van der Waals surface area contributed by atoms with Crippen LogP contribution in [0.25, 0.3) is 0 Å². The van der Waals surface area contributed by atoms with Gasteiger partial charge in [-0.25, -0.2) is 0 Å². The highest BCUT2D eigenvalue weighted by molar-refractivity contribution is 5.35. The minimum atomic E-state index is -0.0981. The molecule has 3 rings (SSSR count). The van der Waals surface area contributed by atoms with Gasteiger partial charge in [0, 0.05) is 5.56 Å². The minimum Gasteiger partial charge on any atom is -0.484 e. The van der Waals surface area contributed by atoms with Crippen LogP contribution in [-0.2, 0) is 11.3 Å². The standard InChI is InChI=1S/C19H20O3/c1-14-11-12-18(22-14)16-9-5-6-10-17(20)19(16)21-13-15-7-3-2-4-8-15/h2-10,14,18H,11-13H2,1H3. The van der Waals surface area contributed by atoms with Crippen molar-refractivity contribution in [2.45, 2.75) is 38.6 Å². The second-order valence-corrected chi connectivity index (χ2v) is 5.65. The number of ether oxygens (including phenoxy) is 2. The van der Waals surface area contributed by atoms with Crippen molar-refractivity contribution in [3.63, 3.8) is 0 Å². The number of hydrogen-bond acceptors (Lipinski definition) is 3. The van der Waals surface area contributed by atoms with Crippen molar-refractivity contribution >= 4 is 0 Å². The van der Waals surface area contributed by atoms with Gasteiger partial charge in [0.1, 0.15) is 6.61 Å². The lowest BCUT2D eigenvalue weighted by atomic mass is 10.1. The zero-order valence-electron chi connectivity index (χ0n) is 12.7. The van der Waals surface area contributed by atoms with Crippen LogP contribution < -0.4 is 10.2 Å². The summed E-state index contributed by atoms with van der Waals surface area (Å²) < 4.78 is 11.8. The van der Waals surface area contributed by atoms with Crippen molar-refractivity contribution in [3.05, 3.63) is 75.9 Å². The number of rotatable bonds is 4. The zero-order chi connectivity index (χ0) is 15.4. The largest absolute Gasteiger partial charge is 0.484 e. The van der Waals surface area contributed by atoms with E-state index in [9.17, 15) is 4.79 Å². The van der Waals surface area contributed by atoms with Gasteiger partial charge in [0.05, 0.1) is 12.2 Å². The smallest absolute Gasteiger partial charge is 0.220 e. The third kappa shape index (κ3) is 3.37. The highest BCUT2D eigenvalue weighted by Crippen LogP contribution is 2.35. The van der Waals surface area contributed by atoms with Crippen LogP contribution in [0.3, 0.4) is 0 Å². The molecule has 114 valence electrons. The van der Waals surface area contributed by atoms with Crippen molar-refractivity contribution in [1.82, 2.24) is 0 Å². The molecule has 0 saturated carbocycles. The van der Waals surface area contributed by atoms with Gasteiger partial charge in [-0.2, -0.15) is 0 Å². The van der Waals surface area contributed by atoms with E-state index in [4.69, 9.17) is 9.47 Å². The second-order valence-electron chi connectivity index (χ2n) is 5.65. The van der Waals surface area contributed by atoms with Gasteiger partial charge in [-0.3, -0.25) is 4.79 Å². The van der Waals surface area contributed by atoms with Crippen molar-refractivity contribution in [2.24, 2.45) is 0 Å². The van der Waals surface area contributed by atoms with E-state index in [1.807, 2.05) is 42.5 Å². The molecule has 0 N–H and O–H groups in total. The molecule has 3 nitrogen and oxygen atoms in total. The van der Waals surface area contributed by atoms with Gasteiger partial charge in [0.15, 0.2) is 5.75 Å². The Morgan fingerprint density at radius 3 is 2.50 bits per heavy atom. The molecule has 2 atom stereocenters. The van der Waals surface area contributed by atoms with Gasteiger partial charge in [-0.05, 0) is 31.4 Å². The first-order valence-electron chi connectivity index (χ1n) is 7.69. The summed E-state index contributed by atoms with van der Waals surface area (Å²) in [4.78, 5) is 12.3. The molecule has 0 aromatic heterocycles. The maximum Gasteiger partial charge on any atom is 0.220 e. The van der Waals surface area contributed by atoms with Crippen LogP contribution in [0.1, 0.15) is 37.0 Å². The summed E-state index contributed by atoms with van der Waals surface area (Å²) in [5.41, 5.74) is 1.80. The molecule has 1 heterocycles. The van der Waals surface area contributed by atoms with Crippen LogP contribution in [0.4, 0.5) is 0 Å². The van der Waals surface area contributed by atoms with Crippen molar-refractivity contribution < 1.29 is 9.47 Å². The molecular weight excluding hydrogens is 276 g/mol. The first-order chi connectivity index (χ1) is 10.7. The number of hydrogen-bond donors (Lipinski definition) is 0. The molecule has 1 aliphatic rings. The molecule has 1 saturated heterocycles. The Balaban J connectivity index is 1.89. The lowest BCUT2D eigenvalue weighted by Crippen LogP contribution is -2.10.